The molecule has 0 radical (unpaired) electrons. The molecule has 0 bridgehead atoms. The maximum atomic E-state index is 5.87. The summed E-state index contributed by atoms with van der Waals surface area (Å²) < 4.78 is 10.3. The number of aromatic nitrogens is 2. The zero-order valence-corrected chi connectivity index (χ0v) is 10.7. The van der Waals surface area contributed by atoms with Gasteiger partial charge < -0.3 is 14.7 Å². The standard InChI is InChI=1S/C11H15N3O2S/c1-11(2,12)10-13-9(16-14-10)7-17-6-8-4-3-5-15-8/h3-5H,6-7,12H2,1-2H3. The predicted molar refractivity (Wildman–Crippen MR) is 65.2 cm³/mol. The molecule has 0 fully saturated rings. The van der Waals surface area contributed by atoms with Crippen molar-refractivity contribution in [1.29, 1.82) is 0 Å². The molecule has 6 heteroatoms. The van der Waals surface area contributed by atoms with Gasteiger partial charge in [0.05, 0.1) is 23.3 Å². The summed E-state index contributed by atoms with van der Waals surface area (Å²) in [7, 11) is 0. The highest BCUT2D eigenvalue weighted by atomic mass is 32.2. The van der Waals surface area contributed by atoms with Gasteiger partial charge in [-0.1, -0.05) is 5.16 Å². The third kappa shape index (κ3) is 3.34. The molecular weight excluding hydrogens is 238 g/mol. The molecule has 2 N–H and O–H groups in total. The van der Waals surface area contributed by atoms with Gasteiger partial charge in [0.25, 0.3) is 0 Å². The van der Waals surface area contributed by atoms with Gasteiger partial charge in [0.1, 0.15) is 5.76 Å². The Morgan fingerprint density at radius 2 is 2.24 bits per heavy atom. The van der Waals surface area contributed by atoms with E-state index >= 15 is 0 Å². The van der Waals surface area contributed by atoms with Crippen LogP contribution in [0.15, 0.2) is 27.3 Å². The van der Waals surface area contributed by atoms with E-state index in [1.807, 2.05) is 26.0 Å². The van der Waals surface area contributed by atoms with Crippen LogP contribution in [-0.2, 0) is 17.0 Å². The van der Waals surface area contributed by atoms with Crippen LogP contribution < -0.4 is 5.73 Å². The third-order valence-corrected chi connectivity index (χ3v) is 3.03. The Balaban J connectivity index is 1.85. The highest BCUT2D eigenvalue weighted by molar-refractivity contribution is 7.97. The minimum atomic E-state index is -0.562. The third-order valence-electron chi connectivity index (χ3n) is 2.09. The van der Waals surface area contributed by atoms with Crippen molar-refractivity contribution in [2.45, 2.75) is 30.9 Å². The van der Waals surface area contributed by atoms with E-state index in [2.05, 4.69) is 10.1 Å². The van der Waals surface area contributed by atoms with Gasteiger partial charge >= 0.3 is 0 Å². The molecule has 0 saturated carbocycles. The number of nitrogens with zero attached hydrogens (tertiary/aromatic N) is 2. The van der Waals surface area contributed by atoms with E-state index in [0.29, 0.717) is 17.5 Å². The number of hydrogen-bond donors (Lipinski definition) is 1. The summed E-state index contributed by atoms with van der Waals surface area (Å²) in [5.41, 5.74) is 5.31. The first-order chi connectivity index (χ1) is 8.05. The van der Waals surface area contributed by atoms with Crippen LogP contribution in [-0.4, -0.2) is 10.1 Å². The molecule has 0 atom stereocenters. The molecule has 2 aromatic heterocycles. The van der Waals surface area contributed by atoms with E-state index in [0.717, 1.165) is 11.5 Å². The molecular formula is C11H15N3O2S. The summed E-state index contributed by atoms with van der Waals surface area (Å²) in [5, 5.41) is 3.86. The van der Waals surface area contributed by atoms with E-state index in [4.69, 9.17) is 14.7 Å². The Labute approximate surface area is 104 Å². The minimum Gasteiger partial charge on any atom is -0.468 e. The van der Waals surface area contributed by atoms with E-state index in [1.165, 1.54) is 0 Å². The molecule has 0 amide bonds. The summed E-state index contributed by atoms with van der Waals surface area (Å²) in [6.07, 6.45) is 1.66. The zero-order chi connectivity index (χ0) is 12.3. The predicted octanol–water partition coefficient (Wildman–Crippen LogP) is 2.29. The molecule has 0 unspecified atom stereocenters. The van der Waals surface area contributed by atoms with Crippen molar-refractivity contribution in [3.05, 3.63) is 35.9 Å². The highest BCUT2D eigenvalue weighted by Gasteiger charge is 2.21. The van der Waals surface area contributed by atoms with Crippen molar-refractivity contribution in [2.24, 2.45) is 5.73 Å². The smallest absolute Gasteiger partial charge is 0.236 e. The van der Waals surface area contributed by atoms with Crippen LogP contribution in [0.5, 0.6) is 0 Å². The Morgan fingerprint density at radius 3 is 2.82 bits per heavy atom. The van der Waals surface area contributed by atoms with Gasteiger partial charge in [-0.3, -0.25) is 0 Å². The van der Waals surface area contributed by atoms with Crippen molar-refractivity contribution >= 4 is 11.8 Å². The summed E-state index contributed by atoms with van der Waals surface area (Å²) in [6.45, 7) is 3.69. The maximum absolute atomic E-state index is 5.87. The molecule has 2 heterocycles. The van der Waals surface area contributed by atoms with Gasteiger partial charge in [-0.25, -0.2) is 0 Å². The Morgan fingerprint density at radius 1 is 1.41 bits per heavy atom. The number of nitrogens with two attached hydrogens (primary N) is 1. The van der Waals surface area contributed by atoms with Crippen LogP contribution in [0.2, 0.25) is 0 Å². The molecule has 2 aromatic rings. The Hall–Kier alpha value is -1.27. The average Bonchev–Trinajstić information content (AvgIpc) is 2.86. The van der Waals surface area contributed by atoms with Crippen molar-refractivity contribution in [2.75, 3.05) is 0 Å². The fourth-order valence-corrected chi connectivity index (χ4v) is 1.97. The maximum Gasteiger partial charge on any atom is 0.236 e. The van der Waals surface area contributed by atoms with Crippen molar-refractivity contribution in [3.8, 4) is 0 Å². The SMILES string of the molecule is CC(C)(N)c1noc(CSCc2ccco2)n1. The number of thioether (sulfide) groups is 1. The molecule has 0 aliphatic heterocycles. The molecule has 17 heavy (non-hydrogen) atoms. The van der Waals surface area contributed by atoms with Crippen LogP contribution in [0.3, 0.4) is 0 Å². The lowest BCUT2D eigenvalue weighted by molar-refractivity contribution is 0.370. The van der Waals surface area contributed by atoms with Gasteiger partial charge in [0, 0.05) is 0 Å². The fraction of sp³-hybridized carbons (Fsp3) is 0.455. The zero-order valence-electron chi connectivity index (χ0n) is 9.84. The largest absolute Gasteiger partial charge is 0.468 e. The summed E-state index contributed by atoms with van der Waals surface area (Å²) in [6, 6.07) is 3.81. The van der Waals surface area contributed by atoms with Crippen molar-refractivity contribution in [1.82, 2.24) is 10.1 Å². The summed E-state index contributed by atoms with van der Waals surface area (Å²) in [4.78, 5) is 4.25. The molecule has 2 rings (SSSR count). The van der Waals surface area contributed by atoms with Crippen molar-refractivity contribution < 1.29 is 8.94 Å². The van der Waals surface area contributed by atoms with Crippen LogP contribution >= 0.6 is 11.8 Å². The number of furan rings is 1. The van der Waals surface area contributed by atoms with Crippen LogP contribution in [0.1, 0.15) is 31.3 Å². The molecule has 0 spiro atoms. The second-order valence-electron chi connectivity index (χ2n) is 4.31. The van der Waals surface area contributed by atoms with Crippen LogP contribution in [0.25, 0.3) is 0 Å². The van der Waals surface area contributed by atoms with E-state index < -0.39 is 5.54 Å². The van der Waals surface area contributed by atoms with E-state index in [1.54, 1.807) is 18.0 Å². The Bertz CT molecular complexity index is 459. The normalized spacial score (nSPS) is 11.9. The minimum absolute atomic E-state index is 0.533. The lowest BCUT2D eigenvalue weighted by Crippen LogP contribution is -2.30. The molecule has 92 valence electrons. The highest BCUT2D eigenvalue weighted by Crippen LogP contribution is 2.19. The Kier molecular flexibility index (Phi) is 3.54. The van der Waals surface area contributed by atoms with E-state index in [9.17, 15) is 0 Å². The summed E-state index contributed by atoms with van der Waals surface area (Å²) >= 11 is 1.66. The first kappa shape index (κ1) is 12.2. The van der Waals surface area contributed by atoms with Gasteiger partial charge in [0.2, 0.25) is 5.89 Å². The van der Waals surface area contributed by atoms with Crippen molar-refractivity contribution in [3.63, 3.8) is 0 Å². The lowest BCUT2D eigenvalue weighted by Gasteiger charge is -2.11. The van der Waals surface area contributed by atoms with Gasteiger partial charge in [-0.2, -0.15) is 4.98 Å². The lowest BCUT2D eigenvalue weighted by atomic mass is 10.1. The van der Waals surface area contributed by atoms with Gasteiger partial charge in [0.15, 0.2) is 5.82 Å². The van der Waals surface area contributed by atoms with Gasteiger partial charge in [-0.05, 0) is 26.0 Å². The second kappa shape index (κ2) is 4.93. The molecule has 0 aromatic carbocycles. The second-order valence-corrected chi connectivity index (χ2v) is 5.29. The first-order valence-electron chi connectivity index (χ1n) is 5.28. The van der Waals surface area contributed by atoms with Gasteiger partial charge in [-0.15, -0.1) is 11.8 Å². The fourth-order valence-electron chi connectivity index (χ4n) is 1.21. The summed E-state index contributed by atoms with van der Waals surface area (Å²) in [5.74, 6) is 3.51. The monoisotopic (exact) mass is 253 g/mol. The number of hydrogen-bond acceptors (Lipinski definition) is 6. The average molecular weight is 253 g/mol. The molecule has 0 aliphatic carbocycles. The molecule has 0 saturated heterocycles. The van der Waals surface area contributed by atoms with Crippen LogP contribution in [0, 0.1) is 0 Å². The van der Waals surface area contributed by atoms with Crippen LogP contribution in [0.4, 0.5) is 0 Å². The molecule has 0 aliphatic rings. The quantitative estimate of drug-likeness (QED) is 0.880. The first-order valence-corrected chi connectivity index (χ1v) is 6.43. The topological polar surface area (TPSA) is 78.1 Å². The number of rotatable bonds is 5. The van der Waals surface area contributed by atoms with E-state index in [-0.39, 0.29) is 0 Å². The molecule has 5 nitrogen and oxygen atoms in total.